The third kappa shape index (κ3) is 1.50. The first-order chi connectivity index (χ1) is 6.44. The minimum atomic E-state index is 0.219. The standard InChI is InChI=1S/C11H13BrClN/c1-11(2)9(10(11)14)6-3-4-7(12)8(13)5-6/h3-5,9-10H,14H2,1-2H3. The van der Waals surface area contributed by atoms with E-state index >= 15 is 0 Å². The zero-order chi connectivity index (χ0) is 10.5. The highest BCUT2D eigenvalue weighted by molar-refractivity contribution is 9.10. The number of nitrogens with two attached hydrogens (primary N) is 1. The Morgan fingerprint density at radius 3 is 2.43 bits per heavy atom. The lowest BCUT2D eigenvalue weighted by Gasteiger charge is -2.04. The van der Waals surface area contributed by atoms with Crippen LogP contribution in [0.2, 0.25) is 5.02 Å². The van der Waals surface area contributed by atoms with Crippen molar-refractivity contribution in [1.82, 2.24) is 0 Å². The lowest BCUT2D eigenvalue weighted by Crippen LogP contribution is -2.06. The van der Waals surface area contributed by atoms with Crippen LogP contribution in [0.1, 0.15) is 25.3 Å². The SMILES string of the molecule is CC1(C)C(N)C1c1ccc(Br)c(Cl)c1. The van der Waals surface area contributed by atoms with Crippen LogP contribution in [0.4, 0.5) is 0 Å². The van der Waals surface area contributed by atoms with Crippen LogP contribution in [-0.2, 0) is 0 Å². The van der Waals surface area contributed by atoms with E-state index in [1.54, 1.807) is 0 Å². The lowest BCUT2D eigenvalue weighted by molar-refractivity contribution is 0.599. The Kier molecular flexibility index (Phi) is 2.41. The highest BCUT2D eigenvalue weighted by atomic mass is 79.9. The predicted molar refractivity (Wildman–Crippen MR) is 63.6 cm³/mol. The summed E-state index contributed by atoms with van der Waals surface area (Å²) in [6.07, 6.45) is 0. The van der Waals surface area contributed by atoms with Crippen LogP contribution in [0, 0.1) is 5.41 Å². The van der Waals surface area contributed by atoms with Crippen LogP contribution in [0.3, 0.4) is 0 Å². The summed E-state index contributed by atoms with van der Waals surface area (Å²) in [4.78, 5) is 0. The van der Waals surface area contributed by atoms with Gasteiger partial charge in [-0.3, -0.25) is 0 Å². The summed E-state index contributed by atoms with van der Waals surface area (Å²) >= 11 is 9.42. The molecule has 1 aromatic rings. The highest BCUT2D eigenvalue weighted by Crippen LogP contribution is 2.57. The number of hydrogen-bond acceptors (Lipinski definition) is 1. The van der Waals surface area contributed by atoms with E-state index < -0.39 is 0 Å². The van der Waals surface area contributed by atoms with E-state index in [4.69, 9.17) is 17.3 Å². The maximum atomic E-state index is 6.04. The predicted octanol–water partition coefficient (Wildman–Crippen LogP) is 3.55. The summed E-state index contributed by atoms with van der Waals surface area (Å²) in [5, 5.41) is 0.761. The average Bonchev–Trinajstić information content (AvgIpc) is 2.58. The molecule has 0 spiro atoms. The molecular weight excluding hydrogens is 261 g/mol. The number of halogens is 2. The van der Waals surface area contributed by atoms with Gasteiger partial charge in [0.25, 0.3) is 0 Å². The molecule has 1 aliphatic carbocycles. The summed E-state index contributed by atoms with van der Waals surface area (Å²) in [5.74, 6) is 0.452. The summed E-state index contributed by atoms with van der Waals surface area (Å²) in [6.45, 7) is 4.39. The molecule has 0 amide bonds. The van der Waals surface area contributed by atoms with Crippen LogP contribution >= 0.6 is 27.5 Å². The van der Waals surface area contributed by atoms with Gasteiger partial charge in [0.2, 0.25) is 0 Å². The molecule has 0 saturated heterocycles. The zero-order valence-electron chi connectivity index (χ0n) is 8.22. The molecule has 3 heteroatoms. The number of hydrogen-bond donors (Lipinski definition) is 1. The Balaban J connectivity index is 2.32. The molecular formula is C11H13BrClN. The minimum absolute atomic E-state index is 0.219. The molecule has 76 valence electrons. The van der Waals surface area contributed by atoms with Crippen molar-refractivity contribution < 1.29 is 0 Å². The van der Waals surface area contributed by atoms with E-state index in [2.05, 4.69) is 35.8 Å². The van der Waals surface area contributed by atoms with Crippen LogP contribution < -0.4 is 5.73 Å². The Bertz CT molecular complexity index is 376. The molecule has 0 aliphatic heterocycles. The van der Waals surface area contributed by atoms with Crippen LogP contribution in [-0.4, -0.2) is 6.04 Å². The van der Waals surface area contributed by atoms with Gasteiger partial charge in [0.15, 0.2) is 0 Å². The maximum Gasteiger partial charge on any atom is 0.0550 e. The molecule has 0 heterocycles. The molecule has 0 aromatic heterocycles. The molecule has 1 fully saturated rings. The smallest absolute Gasteiger partial charge is 0.0550 e. The van der Waals surface area contributed by atoms with E-state index in [-0.39, 0.29) is 11.5 Å². The van der Waals surface area contributed by atoms with Crippen molar-refractivity contribution in [3.05, 3.63) is 33.3 Å². The fraction of sp³-hybridized carbons (Fsp3) is 0.455. The molecule has 0 radical (unpaired) electrons. The Morgan fingerprint density at radius 2 is 2.00 bits per heavy atom. The van der Waals surface area contributed by atoms with Crippen molar-refractivity contribution in [3.8, 4) is 0 Å². The van der Waals surface area contributed by atoms with Gasteiger partial charge >= 0.3 is 0 Å². The molecule has 1 aromatic carbocycles. The molecule has 1 nitrogen and oxygen atoms in total. The number of benzene rings is 1. The largest absolute Gasteiger partial charge is 0.327 e. The van der Waals surface area contributed by atoms with Crippen LogP contribution in [0.5, 0.6) is 0 Å². The van der Waals surface area contributed by atoms with E-state index in [0.717, 1.165) is 9.50 Å². The average molecular weight is 275 g/mol. The molecule has 1 aliphatic rings. The quantitative estimate of drug-likeness (QED) is 0.833. The van der Waals surface area contributed by atoms with Gasteiger partial charge in [-0.2, -0.15) is 0 Å². The van der Waals surface area contributed by atoms with Crippen molar-refractivity contribution in [2.45, 2.75) is 25.8 Å². The number of rotatable bonds is 1. The van der Waals surface area contributed by atoms with Crippen molar-refractivity contribution in [2.75, 3.05) is 0 Å². The fourth-order valence-corrected chi connectivity index (χ4v) is 2.46. The fourth-order valence-electron chi connectivity index (χ4n) is 2.02. The first-order valence-corrected chi connectivity index (χ1v) is 5.82. The molecule has 1 saturated carbocycles. The monoisotopic (exact) mass is 273 g/mol. The highest BCUT2D eigenvalue weighted by Gasteiger charge is 2.56. The molecule has 14 heavy (non-hydrogen) atoms. The Labute approximate surface area is 97.8 Å². The van der Waals surface area contributed by atoms with Crippen LogP contribution in [0.15, 0.2) is 22.7 Å². The third-order valence-electron chi connectivity index (χ3n) is 3.21. The minimum Gasteiger partial charge on any atom is -0.327 e. The molecule has 2 rings (SSSR count). The molecule has 0 bridgehead atoms. The normalized spacial score (nSPS) is 28.9. The second-order valence-electron chi connectivity index (χ2n) is 4.50. The van der Waals surface area contributed by atoms with Gasteiger partial charge in [-0.05, 0) is 39.0 Å². The Morgan fingerprint density at radius 1 is 1.43 bits per heavy atom. The summed E-state index contributed by atoms with van der Waals surface area (Å²) < 4.78 is 0.940. The zero-order valence-corrected chi connectivity index (χ0v) is 10.6. The van der Waals surface area contributed by atoms with E-state index in [9.17, 15) is 0 Å². The second kappa shape index (κ2) is 3.22. The maximum absolute atomic E-state index is 6.04. The van der Waals surface area contributed by atoms with Gasteiger partial charge in [-0.25, -0.2) is 0 Å². The van der Waals surface area contributed by atoms with Gasteiger partial charge in [0.1, 0.15) is 0 Å². The first kappa shape index (κ1) is 10.5. The van der Waals surface area contributed by atoms with Crippen molar-refractivity contribution in [3.63, 3.8) is 0 Å². The van der Waals surface area contributed by atoms with Crippen molar-refractivity contribution in [2.24, 2.45) is 11.1 Å². The van der Waals surface area contributed by atoms with E-state index in [1.807, 2.05) is 12.1 Å². The summed E-state index contributed by atoms with van der Waals surface area (Å²) in [7, 11) is 0. The second-order valence-corrected chi connectivity index (χ2v) is 5.76. The Hall–Kier alpha value is -0.0500. The topological polar surface area (TPSA) is 26.0 Å². The first-order valence-electron chi connectivity index (χ1n) is 4.65. The van der Waals surface area contributed by atoms with Crippen molar-refractivity contribution in [1.29, 1.82) is 0 Å². The van der Waals surface area contributed by atoms with E-state index in [0.29, 0.717) is 5.92 Å². The molecule has 2 atom stereocenters. The molecule has 2 N–H and O–H groups in total. The summed E-state index contributed by atoms with van der Waals surface area (Å²) in [5.41, 5.74) is 7.48. The van der Waals surface area contributed by atoms with Crippen molar-refractivity contribution >= 4 is 27.5 Å². The van der Waals surface area contributed by atoms with E-state index in [1.165, 1.54) is 5.56 Å². The lowest BCUT2D eigenvalue weighted by atomic mass is 10.0. The van der Waals surface area contributed by atoms with Gasteiger partial charge in [-0.1, -0.05) is 31.5 Å². The summed E-state index contributed by atoms with van der Waals surface area (Å²) in [6, 6.07) is 6.35. The van der Waals surface area contributed by atoms with Gasteiger partial charge in [-0.15, -0.1) is 0 Å². The third-order valence-corrected chi connectivity index (χ3v) is 4.45. The molecule has 2 unspecified atom stereocenters. The van der Waals surface area contributed by atoms with Gasteiger partial charge in [0, 0.05) is 16.4 Å². The van der Waals surface area contributed by atoms with Crippen LogP contribution in [0.25, 0.3) is 0 Å². The van der Waals surface area contributed by atoms with Gasteiger partial charge in [0.05, 0.1) is 5.02 Å². The van der Waals surface area contributed by atoms with Gasteiger partial charge < -0.3 is 5.73 Å².